The lowest BCUT2D eigenvalue weighted by molar-refractivity contribution is -0.156. The number of esters is 1. The Kier molecular flexibility index (Phi) is 5.04. The van der Waals surface area contributed by atoms with Crippen molar-refractivity contribution in [3.05, 3.63) is 35.9 Å². The van der Waals surface area contributed by atoms with Gasteiger partial charge in [0.15, 0.2) is 0 Å². The van der Waals surface area contributed by atoms with Gasteiger partial charge in [-0.1, -0.05) is 37.3 Å². The first-order valence-electron chi connectivity index (χ1n) is 7.81. The molecule has 0 radical (unpaired) electrons. The lowest BCUT2D eigenvalue weighted by Crippen LogP contribution is -2.27. The van der Waals surface area contributed by atoms with Crippen molar-refractivity contribution in [1.82, 2.24) is 4.90 Å². The van der Waals surface area contributed by atoms with Crippen molar-refractivity contribution in [1.29, 1.82) is 0 Å². The second kappa shape index (κ2) is 6.61. The van der Waals surface area contributed by atoms with Crippen LogP contribution in [0.15, 0.2) is 30.3 Å². The van der Waals surface area contributed by atoms with Crippen molar-refractivity contribution >= 4 is 5.97 Å². The Hall–Kier alpha value is -1.35. The summed E-state index contributed by atoms with van der Waals surface area (Å²) in [6, 6.07) is 10.5. The molecule has 1 aliphatic rings. The second-order valence-electron chi connectivity index (χ2n) is 7.21. The van der Waals surface area contributed by atoms with E-state index in [9.17, 15) is 4.79 Å². The van der Waals surface area contributed by atoms with Crippen LogP contribution < -0.4 is 0 Å². The molecule has 0 aromatic heterocycles. The normalized spacial score (nSPS) is 23.2. The zero-order valence-corrected chi connectivity index (χ0v) is 13.6. The van der Waals surface area contributed by atoms with Crippen LogP contribution in [-0.2, 0) is 16.1 Å². The van der Waals surface area contributed by atoms with Crippen molar-refractivity contribution in [3.8, 4) is 0 Å². The molecular weight excluding hydrogens is 262 g/mol. The number of hydrogen-bond donors (Lipinski definition) is 0. The van der Waals surface area contributed by atoms with Crippen LogP contribution in [0.2, 0.25) is 0 Å². The highest BCUT2D eigenvalue weighted by atomic mass is 16.6. The summed E-state index contributed by atoms with van der Waals surface area (Å²) in [5.41, 5.74) is 0.949. The van der Waals surface area contributed by atoms with Gasteiger partial charge in [-0.2, -0.15) is 0 Å². The van der Waals surface area contributed by atoms with E-state index in [1.165, 1.54) is 5.56 Å². The summed E-state index contributed by atoms with van der Waals surface area (Å²) in [6.45, 7) is 11.0. The highest BCUT2D eigenvalue weighted by molar-refractivity contribution is 5.70. The van der Waals surface area contributed by atoms with Gasteiger partial charge in [-0.25, -0.2) is 0 Å². The maximum absolute atomic E-state index is 12.0. The molecule has 0 amide bonds. The Morgan fingerprint density at radius 3 is 2.52 bits per heavy atom. The molecule has 0 N–H and O–H groups in total. The average molecular weight is 289 g/mol. The van der Waals surface area contributed by atoms with Crippen LogP contribution in [0.1, 0.15) is 39.7 Å². The lowest BCUT2D eigenvalue weighted by atomic mass is 9.95. The minimum absolute atomic E-state index is 0.0686. The van der Waals surface area contributed by atoms with Gasteiger partial charge in [0.1, 0.15) is 5.60 Å². The number of hydrogen-bond acceptors (Lipinski definition) is 3. The average Bonchev–Trinajstić information content (AvgIpc) is 2.68. The van der Waals surface area contributed by atoms with Crippen molar-refractivity contribution in [3.63, 3.8) is 0 Å². The third-order valence-corrected chi connectivity index (χ3v) is 3.94. The molecule has 3 heteroatoms. The number of rotatable bonds is 4. The molecule has 0 aliphatic carbocycles. The van der Waals surface area contributed by atoms with E-state index in [1.54, 1.807) is 0 Å². The van der Waals surface area contributed by atoms with Crippen LogP contribution in [0.5, 0.6) is 0 Å². The molecule has 0 spiro atoms. The van der Waals surface area contributed by atoms with Gasteiger partial charge in [-0.3, -0.25) is 9.69 Å². The number of benzene rings is 1. The van der Waals surface area contributed by atoms with Gasteiger partial charge < -0.3 is 4.74 Å². The van der Waals surface area contributed by atoms with E-state index in [-0.39, 0.29) is 11.6 Å². The van der Waals surface area contributed by atoms with Crippen LogP contribution in [0.3, 0.4) is 0 Å². The predicted octanol–water partition coefficient (Wildman–Crippen LogP) is 3.49. The molecule has 21 heavy (non-hydrogen) atoms. The predicted molar refractivity (Wildman–Crippen MR) is 84.8 cm³/mol. The monoisotopic (exact) mass is 289 g/mol. The quantitative estimate of drug-likeness (QED) is 0.795. The van der Waals surface area contributed by atoms with Crippen LogP contribution in [0, 0.1) is 11.8 Å². The third-order valence-electron chi connectivity index (χ3n) is 3.94. The molecule has 1 aromatic carbocycles. The van der Waals surface area contributed by atoms with E-state index >= 15 is 0 Å². The fraction of sp³-hybridized carbons (Fsp3) is 0.611. The molecule has 2 unspecified atom stereocenters. The van der Waals surface area contributed by atoms with Gasteiger partial charge in [0.05, 0.1) is 0 Å². The van der Waals surface area contributed by atoms with Crippen molar-refractivity contribution in [2.45, 2.75) is 46.3 Å². The molecule has 1 fully saturated rings. The van der Waals surface area contributed by atoms with Gasteiger partial charge >= 0.3 is 5.97 Å². The first-order chi connectivity index (χ1) is 9.83. The molecule has 1 aromatic rings. The van der Waals surface area contributed by atoms with Crippen molar-refractivity contribution in [2.75, 3.05) is 13.1 Å². The van der Waals surface area contributed by atoms with E-state index in [2.05, 4.69) is 36.1 Å². The molecular formula is C18H27NO2. The SMILES string of the molecule is CC1CN(Cc2ccccc2)CC1CC(=O)OC(C)(C)C. The fourth-order valence-corrected chi connectivity index (χ4v) is 2.98. The highest BCUT2D eigenvalue weighted by Crippen LogP contribution is 2.28. The van der Waals surface area contributed by atoms with Gasteiger partial charge in [0.25, 0.3) is 0 Å². The van der Waals surface area contributed by atoms with E-state index in [0.29, 0.717) is 18.3 Å². The van der Waals surface area contributed by atoms with Gasteiger partial charge in [-0.15, -0.1) is 0 Å². The highest BCUT2D eigenvalue weighted by Gasteiger charge is 2.32. The lowest BCUT2D eigenvalue weighted by Gasteiger charge is -2.21. The van der Waals surface area contributed by atoms with E-state index in [4.69, 9.17) is 4.74 Å². The summed E-state index contributed by atoms with van der Waals surface area (Å²) < 4.78 is 5.44. The number of nitrogens with zero attached hydrogens (tertiary/aromatic N) is 1. The number of carbonyl (C=O) groups excluding carboxylic acids is 1. The van der Waals surface area contributed by atoms with Crippen molar-refractivity contribution in [2.24, 2.45) is 11.8 Å². The topological polar surface area (TPSA) is 29.5 Å². The summed E-state index contributed by atoms with van der Waals surface area (Å²) in [5.74, 6) is 0.880. The van der Waals surface area contributed by atoms with Crippen LogP contribution in [0.4, 0.5) is 0 Å². The number of ether oxygens (including phenoxy) is 1. The zero-order valence-electron chi connectivity index (χ0n) is 13.6. The van der Waals surface area contributed by atoms with E-state index < -0.39 is 0 Å². The minimum Gasteiger partial charge on any atom is -0.460 e. The fourth-order valence-electron chi connectivity index (χ4n) is 2.98. The Morgan fingerprint density at radius 2 is 1.90 bits per heavy atom. The zero-order chi connectivity index (χ0) is 15.5. The molecule has 1 heterocycles. The largest absolute Gasteiger partial charge is 0.460 e. The summed E-state index contributed by atoms with van der Waals surface area (Å²) >= 11 is 0. The molecule has 1 saturated heterocycles. The van der Waals surface area contributed by atoms with Crippen LogP contribution in [0.25, 0.3) is 0 Å². The first kappa shape index (κ1) is 16.0. The molecule has 3 nitrogen and oxygen atoms in total. The third kappa shape index (κ3) is 5.16. The standard InChI is InChI=1S/C18H27NO2/c1-14-11-19(12-15-8-6-5-7-9-15)13-16(14)10-17(20)21-18(2,3)4/h5-9,14,16H,10-13H2,1-4H3. The molecule has 0 bridgehead atoms. The number of carbonyl (C=O) groups is 1. The Labute approximate surface area is 128 Å². The van der Waals surface area contributed by atoms with Gasteiger partial charge in [-0.05, 0) is 38.2 Å². The van der Waals surface area contributed by atoms with Crippen LogP contribution in [-0.4, -0.2) is 29.6 Å². The Bertz CT molecular complexity index is 464. The van der Waals surface area contributed by atoms with Crippen LogP contribution >= 0.6 is 0 Å². The Morgan fingerprint density at radius 1 is 1.24 bits per heavy atom. The van der Waals surface area contributed by atoms with Crippen molar-refractivity contribution < 1.29 is 9.53 Å². The second-order valence-corrected chi connectivity index (χ2v) is 7.21. The van der Waals surface area contributed by atoms with E-state index in [0.717, 1.165) is 19.6 Å². The number of likely N-dealkylation sites (tertiary alicyclic amines) is 1. The Balaban J connectivity index is 1.85. The first-order valence-corrected chi connectivity index (χ1v) is 7.81. The van der Waals surface area contributed by atoms with E-state index in [1.807, 2.05) is 26.8 Å². The van der Waals surface area contributed by atoms with Gasteiger partial charge in [0.2, 0.25) is 0 Å². The molecule has 116 valence electrons. The maximum Gasteiger partial charge on any atom is 0.306 e. The molecule has 2 rings (SSSR count). The molecule has 1 aliphatic heterocycles. The molecule has 2 atom stereocenters. The van der Waals surface area contributed by atoms with Gasteiger partial charge in [0, 0.05) is 26.1 Å². The smallest absolute Gasteiger partial charge is 0.306 e. The summed E-state index contributed by atoms with van der Waals surface area (Å²) in [5, 5.41) is 0. The summed E-state index contributed by atoms with van der Waals surface area (Å²) in [7, 11) is 0. The maximum atomic E-state index is 12.0. The molecule has 0 saturated carbocycles. The summed E-state index contributed by atoms with van der Waals surface area (Å²) in [6.07, 6.45) is 0.531. The summed E-state index contributed by atoms with van der Waals surface area (Å²) in [4.78, 5) is 14.4. The minimum atomic E-state index is -0.386.